The molecule has 0 spiro atoms. The van der Waals surface area contributed by atoms with Gasteiger partial charge in [-0.1, -0.05) is 42.5 Å². The Balaban J connectivity index is 2.43. The van der Waals surface area contributed by atoms with Crippen molar-refractivity contribution in [3.63, 3.8) is 0 Å². The summed E-state index contributed by atoms with van der Waals surface area (Å²) in [6, 6.07) is 15.9. The third-order valence-electron chi connectivity index (χ3n) is 4.40. The zero-order valence-corrected chi connectivity index (χ0v) is 16.3. The highest BCUT2D eigenvalue weighted by Crippen LogP contribution is 2.22. The van der Waals surface area contributed by atoms with E-state index in [-0.39, 0.29) is 5.57 Å². The van der Waals surface area contributed by atoms with Crippen molar-refractivity contribution in [2.75, 3.05) is 14.2 Å². The molecule has 28 heavy (non-hydrogen) atoms. The van der Waals surface area contributed by atoms with E-state index in [0.29, 0.717) is 16.7 Å². The molecule has 2 aromatic rings. The molecule has 0 N–H and O–H groups in total. The highest BCUT2D eigenvalue weighted by Gasteiger charge is 2.22. The van der Waals surface area contributed by atoms with E-state index in [0.717, 1.165) is 11.1 Å². The van der Waals surface area contributed by atoms with Crippen LogP contribution in [0.15, 0.2) is 65.7 Å². The maximum absolute atomic E-state index is 13.0. The molecule has 0 atom stereocenters. The van der Waals surface area contributed by atoms with Crippen molar-refractivity contribution in [3.05, 3.63) is 82.4 Å². The highest BCUT2D eigenvalue weighted by molar-refractivity contribution is 6.28. The second-order valence-electron chi connectivity index (χ2n) is 6.11. The Bertz CT molecular complexity index is 935. The zero-order chi connectivity index (χ0) is 20.7. The number of methoxy groups -OCH3 is 2. The van der Waals surface area contributed by atoms with E-state index >= 15 is 0 Å². The second kappa shape index (κ2) is 9.46. The van der Waals surface area contributed by atoms with Gasteiger partial charge in [-0.15, -0.1) is 0 Å². The number of hydrogen-bond donors (Lipinski definition) is 0. The van der Waals surface area contributed by atoms with Crippen LogP contribution in [0.3, 0.4) is 0 Å². The van der Waals surface area contributed by atoms with Crippen LogP contribution in [-0.2, 0) is 19.1 Å². The van der Waals surface area contributed by atoms with Gasteiger partial charge in [0.1, 0.15) is 5.57 Å². The van der Waals surface area contributed by atoms with Gasteiger partial charge in [0.05, 0.1) is 19.8 Å². The van der Waals surface area contributed by atoms with Gasteiger partial charge in [-0.05, 0) is 48.8 Å². The molecule has 5 nitrogen and oxygen atoms in total. The number of benzene rings is 2. The molecule has 0 radical (unpaired) electrons. The van der Waals surface area contributed by atoms with E-state index in [9.17, 15) is 14.4 Å². The molecule has 0 heterocycles. The first kappa shape index (κ1) is 20.8. The third kappa shape index (κ3) is 4.82. The van der Waals surface area contributed by atoms with Crippen molar-refractivity contribution in [3.8, 4) is 0 Å². The lowest BCUT2D eigenvalue weighted by atomic mass is 9.95. The summed E-state index contributed by atoms with van der Waals surface area (Å²) in [6.45, 7) is 3.52. The molecule has 2 rings (SSSR count). The van der Waals surface area contributed by atoms with Crippen LogP contribution in [0.4, 0.5) is 0 Å². The fourth-order valence-corrected chi connectivity index (χ4v) is 2.60. The number of rotatable bonds is 6. The van der Waals surface area contributed by atoms with Gasteiger partial charge in [0, 0.05) is 5.57 Å². The Hall–Kier alpha value is -3.47. The minimum atomic E-state index is -0.720. The maximum Gasteiger partial charge on any atom is 0.341 e. The summed E-state index contributed by atoms with van der Waals surface area (Å²) in [5.41, 5.74) is 3.02. The quantitative estimate of drug-likeness (QED) is 0.328. The molecule has 5 heteroatoms. The molecule has 0 amide bonds. The zero-order valence-electron chi connectivity index (χ0n) is 16.3. The van der Waals surface area contributed by atoms with Crippen molar-refractivity contribution < 1.29 is 23.9 Å². The molecule has 144 valence electrons. The summed E-state index contributed by atoms with van der Waals surface area (Å²) in [4.78, 5) is 36.8. The molecule has 0 saturated carbocycles. The average molecular weight is 378 g/mol. The minimum absolute atomic E-state index is 0.0823. The molecular formula is C23H22O5. The minimum Gasteiger partial charge on any atom is -0.465 e. The van der Waals surface area contributed by atoms with Gasteiger partial charge in [-0.2, -0.15) is 0 Å². The number of Topliss-reactive ketones (excluding diaryl/α,β-unsaturated/α-hetero) is 1. The van der Waals surface area contributed by atoms with Gasteiger partial charge in [0.2, 0.25) is 0 Å². The SMILES string of the molecule is COC(=O)/C(=C\c1ccc(C(=O)OC)cc1)C(=O)/C(C)=C(/C)c1ccccc1. The van der Waals surface area contributed by atoms with Gasteiger partial charge in [-0.3, -0.25) is 4.79 Å². The standard InChI is InChI=1S/C23H22O5/c1-15(18-8-6-5-7-9-18)16(2)21(24)20(23(26)28-4)14-17-10-12-19(13-11-17)22(25)27-3/h5-14H,1-4H3/b16-15-,20-14-. The van der Waals surface area contributed by atoms with E-state index in [1.165, 1.54) is 20.3 Å². The van der Waals surface area contributed by atoms with E-state index in [2.05, 4.69) is 4.74 Å². The molecule has 0 bridgehead atoms. The Kier molecular flexibility index (Phi) is 7.04. The number of esters is 2. The van der Waals surface area contributed by atoms with E-state index in [1.807, 2.05) is 37.3 Å². The predicted molar refractivity (Wildman–Crippen MR) is 107 cm³/mol. The summed E-state index contributed by atoms with van der Waals surface area (Å²) in [5, 5.41) is 0. The Morgan fingerprint density at radius 2 is 1.39 bits per heavy atom. The van der Waals surface area contributed by atoms with Crippen LogP contribution in [0, 0.1) is 0 Å². The number of ketones is 1. The molecule has 2 aromatic carbocycles. The molecule has 0 aliphatic rings. The highest BCUT2D eigenvalue weighted by atomic mass is 16.5. The molecule has 0 saturated heterocycles. The number of carbonyl (C=O) groups is 3. The number of carbonyl (C=O) groups excluding carboxylic acids is 3. The van der Waals surface area contributed by atoms with Crippen LogP contribution in [0.1, 0.15) is 35.3 Å². The van der Waals surface area contributed by atoms with Gasteiger partial charge >= 0.3 is 11.9 Å². The topological polar surface area (TPSA) is 69.7 Å². The summed E-state index contributed by atoms with van der Waals surface area (Å²) in [7, 11) is 2.53. The van der Waals surface area contributed by atoms with Crippen molar-refractivity contribution in [2.45, 2.75) is 13.8 Å². The van der Waals surface area contributed by atoms with Crippen molar-refractivity contribution >= 4 is 29.4 Å². The lowest BCUT2D eigenvalue weighted by Crippen LogP contribution is -2.16. The molecule has 0 fully saturated rings. The monoisotopic (exact) mass is 378 g/mol. The normalized spacial score (nSPS) is 12.1. The largest absolute Gasteiger partial charge is 0.465 e. The third-order valence-corrected chi connectivity index (χ3v) is 4.40. The first-order valence-electron chi connectivity index (χ1n) is 8.65. The fourth-order valence-electron chi connectivity index (χ4n) is 2.60. The smallest absolute Gasteiger partial charge is 0.341 e. The first-order valence-corrected chi connectivity index (χ1v) is 8.65. The molecule has 0 aliphatic carbocycles. The Morgan fingerprint density at radius 1 is 0.786 bits per heavy atom. The average Bonchev–Trinajstić information content (AvgIpc) is 2.75. The van der Waals surface area contributed by atoms with Crippen LogP contribution in [0.25, 0.3) is 11.6 Å². The van der Waals surface area contributed by atoms with E-state index < -0.39 is 17.7 Å². The Labute approximate surface area is 164 Å². The van der Waals surface area contributed by atoms with Gasteiger partial charge in [-0.25, -0.2) is 9.59 Å². The van der Waals surface area contributed by atoms with Crippen LogP contribution >= 0.6 is 0 Å². The number of ether oxygens (including phenoxy) is 2. The van der Waals surface area contributed by atoms with E-state index in [4.69, 9.17) is 4.74 Å². The van der Waals surface area contributed by atoms with Gasteiger partial charge < -0.3 is 9.47 Å². The molecule has 0 aliphatic heterocycles. The lowest BCUT2D eigenvalue weighted by Gasteiger charge is -2.10. The number of allylic oxidation sites excluding steroid dienone is 2. The van der Waals surface area contributed by atoms with Crippen molar-refractivity contribution in [1.82, 2.24) is 0 Å². The Morgan fingerprint density at radius 3 is 1.93 bits per heavy atom. The van der Waals surface area contributed by atoms with Crippen molar-refractivity contribution in [1.29, 1.82) is 0 Å². The van der Waals surface area contributed by atoms with E-state index in [1.54, 1.807) is 31.2 Å². The van der Waals surface area contributed by atoms with Gasteiger partial charge in [0.15, 0.2) is 5.78 Å². The lowest BCUT2D eigenvalue weighted by molar-refractivity contribution is -0.137. The molecule has 0 unspecified atom stereocenters. The van der Waals surface area contributed by atoms with Gasteiger partial charge in [0.25, 0.3) is 0 Å². The first-order chi connectivity index (χ1) is 13.4. The van der Waals surface area contributed by atoms with Crippen LogP contribution in [0.5, 0.6) is 0 Å². The van der Waals surface area contributed by atoms with Crippen LogP contribution in [-0.4, -0.2) is 31.9 Å². The van der Waals surface area contributed by atoms with Crippen molar-refractivity contribution in [2.24, 2.45) is 0 Å². The summed E-state index contributed by atoms with van der Waals surface area (Å²) >= 11 is 0. The summed E-state index contributed by atoms with van der Waals surface area (Å²) < 4.78 is 9.46. The molecular weight excluding hydrogens is 356 g/mol. The summed E-state index contributed by atoms with van der Waals surface area (Å²) in [5.74, 6) is -1.59. The fraction of sp³-hybridized carbons (Fsp3) is 0.174. The maximum atomic E-state index is 13.0. The second-order valence-corrected chi connectivity index (χ2v) is 6.11. The number of hydrogen-bond acceptors (Lipinski definition) is 5. The summed E-state index contributed by atoms with van der Waals surface area (Å²) in [6.07, 6.45) is 1.46. The van der Waals surface area contributed by atoms with Crippen LogP contribution < -0.4 is 0 Å². The molecule has 0 aromatic heterocycles. The predicted octanol–water partition coefficient (Wildman–Crippen LogP) is 4.09. The van der Waals surface area contributed by atoms with Crippen LogP contribution in [0.2, 0.25) is 0 Å².